The number of nitrogens with zero attached hydrogens (tertiary/aromatic N) is 3. The van der Waals surface area contributed by atoms with Gasteiger partial charge in [0.25, 0.3) is 11.5 Å². The lowest BCUT2D eigenvalue weighted by Gasteiger charge is -2.32. The van der Waals surface area contributed by atoms with Gasteiger partial charge in [-0.2, -0.15) is 11.8 Å². The average Bonchev–Trinajstić information content (AvgIpc) is 2.94. The van der Waals surface area contributed by atoms with Crippen LogP contribution in [0.2, 0.25) is 0 Å². The summed E-state index contributed by atoms with van der Waals surface area (Å²) in [7, 11) is 0. The fraction of sp³-hybridized carbons (Fsp3) is 0.517. The predicted molar refractivity (Wildman–Crippen MR) is 150 cm³/mol. The quantitative estimate of drug-likeness (QED) is 0.487. The van der Waals surface area contributed by atoms with E-state index in [0.29, 0.717) is 25.7 Å². The Labute approximate surface area is 225 Å². The summed E-state index contributed by atoms with van der Waals surface area (Å²) in [4.78, 5) is 44.7. The van der Waals surface area contributed by atoms with E-state index in [1.165, 1.54) is 10.6 Å². The highest BCUT2D eigenvalue weighted by atomic mass is 32.2. The molecule has 1 amide bonds. The van der Waals surface area contributed by atoms with Crippen LogP contribution in [-0.4, -0.2) is 37.6 Å². The Hall–Kier alpha value is -2.94. The molecule has 38 heavy (non-hydrogen) atoms. The van der Waals surface area contributed by atoms with Gasteiger partial charge in [0.05, 0.1) is 11.6 Å². The van der Waals surface area contributed by atoms with Gasteiger partial charge in [0.2, 0.25) is 0 Å². The van der Waals surface area contributed by atoms with Gasteiger partial charge in [0.15, 0.2) is 0 Å². The van der Waals surface area contributed by atoms with Crippen molar-refractivity contribution in [1.82, 2.24) is 19.4 Å². The summed E-state index contributed by atoms with van der Waals surface area (Å²) in [5.74, 6) is 1.23. The van der Waals surface area contributed by atoms with Crippen LogP contribution < -0.4 is 16.6 Å². The number of amides is 1. The number of hydrogen-bond donors (Lipinski definition) is 1. The molecule has 1 saturated carbocycles. The highest BCUT2D eigenvalue weighted by Crippen LogP contribution is 2.30. The largest absolute Gasteiger partial charge is 0.349 e. The van der Waals surface area contributed by atoms with Crippen LogP contribution >= 0.6 is 11.8 Å². The number of nitrogens with one attached hydrogen (secondary N) is 1. The fourth-order valence-electron chi connectivity index (χ4n) is 6.07. The Morgan fingerprint density at radius 2 is 1.63 bits per heavy atom. The number of rotatable bonds is 6. The second kappa shape index (κ2) is 11.4. The predicted octanol–water partition coefficient (Wildman–Crippen LogP) is 4.80. The molecule has 7 nitrogen and oxygen atoms in total. The van der Waals surface area contributed by atoms with Crippen LogP contribution in [0.5, 0.6) is 0 Å². The van der Waals surface area contributed by atoms with Gasteiger partial charge < -0.3 is 5.32 Å². The minimum Gasteiger partial charge on any atom is -0.349 e. The molecule has 2 aliphatic rings. The normalized spacial score (nSPS) is 20.5. The van der Waals surface area contributed by atoms with Crippen molar-refractivity contribution >= 4 is 28.7 Å². The van der Waals surface area contributed by atoms with E-state index < -0.39 is 11.4 Å². The first-order chi connectivity index (χ1) is 18.4. The van der Waals surface area contributed by atoms with Crippen LogP contribution in [0.25, 0.3) is 11.0 Å². The third kappa shape index (κ3) is 5.05. The lowest BCUT2D eigenvalue weighted by atomic mass is 9.90. The van der Waals surface area contributed by atoms with Crippen LogP contribution in [0.4, 0.5) is 4.39 Å². The number of carbonyl (C=O) groups excluding carboxylic acids is 1. The third-order valence-corrected chi connectivity index (χ3v) is 9.15. The zero-order valence-corrected chi connectivity index (χ0v) is 22.9. The standard InChI is InChI=1S/C29H35FN4O3S/c1-3-18-6-5-7-19(4-2)25(18)27(35)32-21-8-10-22(11-9-21)34-28(36)24-16-20(30)17-31-26(24)33(29(34)37)23-12-14-38-15-13-23/h5-7,16-17,21-23H,3-4,8-15H2,1-2H3,(H,32,35)/t21-,22+. The second-order valence-corrected chi connectivity index (χ2v) is 11.6. The second-order valence-electron chi connectivity index (χ2n) is 10.3. The summed E-state index contributed by atoms with van der Waals surface area (Å²) in [5.41, 5.74) is 2.30. The molecule has 1 aliphatic heterocycles. The van der Waals surface area contributed by atoms with E-state index in [-0.39, 0.29) is 40.8 Å². The monoisotopic (exact) mass is 538 g/mol. The Balaban J connectivity index is 1.41. The maximum absolute atomic E-state index is 14.1. The van der Waals surface area contributed by atoms with Crippen molar-refractivity contribution in [3.63, 3.8) is 0 Å². The van der Waals surface area contributed by atoms with Crippen LogP contribution in [0.1, 0.15) is 85.9 Å². The van der Waals surface area contributed by atoms with Crippen LogP contribution in [0.15, 0.2) is 40.1 Å². The number of aryl methyl sites for hydroxylation is 2. The first kappa shape index (κ1) is 26.7. The van der Waals surface area contributed by atoms with Crippen LogP contribution in [0, 0.1) is 5.82 Å². The minimum atomic E-state index is -0.587. The Kier molecular flexibility index (Phi) is 8.02. The third-order valence-electron chi connectivity index (χ3n) is 8.10. The summed E-state index contributed by atoms with van der Waals surface area (Å²) in [6, 6.07) is 6.84. The van der Waals surface area contributed by atoms with Gasteiger partial charge in [-0.3, -0.25) is 18.7 Å². The molecule has 1 aromatic carbocycles. The van der Waals surface area contributed by atoms with Crippen molar-refractivity contribution in [2.75, 3.05) is 11.5 Å². The van der Waals surface area contributed by atoms with E-state index in [0.717, 1.165) is 60.1 Å². The van der Waals surface area contributed by atoms with Gasteiger partial charge in [-0.15, -0.1) is 0 Å². The number of fused-ring (bicyclic) bond motifs is 1. The van der Waals surface area contributed by atoms with Crippen LogP contribution in [-0.2, 0) is 12.8 Å². The lowest BCUT2D eigenvalue weighted by molar-refractivity contribution is 0.0920. The molecule has 5 rings (SSSR count). The molecule has 0 radical (unpaired) electrons. The first-order valence-corrected chi connectivity index (χ1v) is 14.9. The van der Waals surface area contributed by atoms with Crippen molar-refractivity contribution in [2.24, 2.45) is 0 Å². The smallest absolute Gasteiger partial charge is 0.333 e. The Bertz CT molecular complexity index is 1430. The highest BCUT2D eigenvalue weighted by molar-refractivity contribution is 7.99. The molecular formula is C29H35FN4O3S. The molecule has 0 spiro atoms. The molecule has 0 bridgehead atoms. The van der Waals surface area contributed by atoms with Gasteiger partial charge in [-0.25, -0.2) is 14.2 Å². The van der Waals surface area contributed by atoms with Gasteiger partial charge in [0, 0.05) is 23.7 Å². The molecule has 3 aromatic rings. The maximum Gasteiger partial charge on any atom is 0.333 e. The van der Waals surface area contributed by atoms with Crippen molar-refractivity contribution in [3.8, 4) is 0 Å². The molecule has 2 fully saturated rings. The SMILES string of the molecule is CCc1cccc(CC)c1C(=O)N[C@H]1CC[C@@H](n2c(=O)c3cc(F)cnc3n(C3CCSCC3)c2=O)CC1. The van der Waals surface area contributed by atoms with Crippen molar-refractivity contribution in [3.05, 3.63) is 73.8 Å². The Morgan fingerprint density at radius 3 is 2.26 bits per heavy atom. The number of pyridine rings is 1. The Morgan fingerprint density at radius 1 is 1.00 bits per heavy atom. The minimum absolute atomic E-state index is 0.0266. The van der Waals surface area contributed by atoms with E-state index in [2.05, 4.69) is 24.1 Å². The topological polar surface area (TPSA) is 86.0 Å². The number of benzene rings is 1. The molecule has 1 aliphatic carbocycles. The molecule has 0 atom stereocenters. The zero-order valence-electron chi connectivity index (χ0n) is 22.0. The number of aromatic nitrogens is 3. The van der Waals surface area contributed by atoms with E-state index in [1.54, 1.807) is 4.57 Å². The highest BCUT2D eigenvalue weighted by Gasteiger charge is 2.30. The average molecular weight is 539 g/mol. The number of thioether (sulfide) groups is 1. The van der Waals surface area contributed by atoms with Crippen LogP contribution in [0.3, 0.4) is 0 Å². The summed E-state index contributed by atoms with van der Waals surface area (Å²) in [6.45, 7) is 4.11. The molecule has 9 heteroatoms. The van der Waals surface area contributed by atoms with Crippen molar-refractivity contribution < 1.29 is 9.18 Å². The van der Waals surface area contributed by atoms with Gasteiger partial charge in [-0.1, -0.05) is 32.0 Å². The number of hydrogen-bond acceptors (Lipinski definition) is 5. The zero-order chi connectivity index (χ0) is 26.8. The molecule has 202 valence electrons. The molecule has 2 aromatic heterocycles. The molecule has 1 N–H and O–H groups in total. The maximum atomic E-state index is 14.1. The fourth-order valence-corrected chi connectivity index (χ4v) is 7.15. The van der Waals surface area contributed by atoms with Crippen molar-refractivity contribution in [1.29, 1.82) is 0 Å². The summed E-state index contributed by atoms with van der Waals surface area (Å²) in [5, 5.41) is 3.37. The summed E-state index contributed by atoms with van der Waals surface area (Å²) < 4.78 is 17.1. The number of carbonyl (C=O) groups is 1. The van der Waals surface area contributed by atoms with Gasteiger partial charge >= 0.3 is 5.69 Å². The van der Waals surface area contributed by atoms with E-state index in [1.807, 2.05) is 30.0 Å². The van der Waals surface area contributed by atoms with Gasteiger partial charge in [-0.05, 0) is 80.1 Å². The van der Waals surface area contributed by atoms with Gasteiger partial charge in [0.1, 0.15) is 11.5 Å². The number of halogens is 1. The molecule has 1 saturated heterocycles. The molecular weight excluding hydrogens is 503 g/mol. The molecule has 3 heterocycles. The first-order valence-electron chi connectivity index (χ1n) is 13.7. The van der Waals surface area contributed by atoms with E-state index >= 15 is 0 Å². The summed E-state index contributed by atoms with van der Waals surface area (Å²) >= 11 is 1.85. The van der Waals surface area contributed by atoms with Crippen molar-refractivity contribution in [2.45, 2.75) is 83.3 Å². The van der Waals surface area contributed by atoms with E-state index in [9.17, 15) is 18.8 Å². The van der Waals surface area contributed by atoms with E-state index in [4.69, 9.17) is 0 Å². The lowest BCUT2D eigenvalue weighted by Crippen LogP contribution is -2.46. The summed E-state index contributed by atoms with van der Waals surface area (Å²) in [6.07, 6.45) is 6.79. The molecule has 0 unspecified atom stereocenters.